The average Bonchev–Trinajstić information content (AvgIpc) is 3.56. The summed E-state index contributed by atoms with van der Waals surface area (Å²) in [5.41, 5.74) is 0.906. The van der Waals surface area contributed by atoms with E-state index in [-0.39, 0.29) is 25.0 Å². The molecule has 1 aromatic rings. The predicted molar refractivity (Wildman–Crippen MR) is 153 cm³/mol. The second kappa shape index (κ2) is 12.6. The molecule has 3 heterocycles. The minimum absolute atomic E-state index is 0.0117. The Hall–Kier alpha value is -3.76. The number of rotatable bonds is 1. The molecule has 0 aromatic heterocycles. The Morgan fingerprint density at radius 1 is 1.10 bits per heavy atom. The maximum absolute atomic E-state index is 13.9. The molecule has 4 bridgehead atoms. The zero-order valence-electron chi connectivity index (χ0n) is 25.4. The normalized spacial score (nSPS) is 25.4. The summed E-state index contributed by atoms with van der Waals surface area (Å²) >= 11 is 0. The fraction of sp³-hybridized carbons (Fsp3) is 0.613. The Morgan fingerprint density at radius 3 is 2.57 bits per heavy atom. The quantitative estimate of drug-likeness (QED) is 0.296. The lowest BCUT2D eigenvalue weighted by Crippen LogP contribution is -2.57. The number of ether oxygens (including phenoxy) is 4. The molecule has 3 aliphatic rings. The van der Waals surface area contributed by atoms with E-state index in [9.17, 15) is 19.2 Å². The van der Waals surface area contributed by atoms with Gasteiger partial charge in [-0.05, 0) is 35.3 Å². The van der Waals surface area contributed by atoms with E-state index in [4.69, 9.17) is 18.9 Å². The third kappa shape index (κ3) is 7.35. The number of alkyl carbamates (subject to hydrolysis) is 1. The van der Waals surface area contributed by atoms with Crippen LogP contribution >= 0.6 is 0 Å². The van der Waals surface area contributed by atoms with Crippen LogP contribution in [-0.2, 0) is 36.9 Å². The van der Waals surface area contributed by atoms with Crippen LogP contribution in [0.2, 0.25) is 0 Å². The molecule has 11 nitrogen and oxygen atoms in total. The van der Waals surface area contributed by atoms with Crippen molar-refractivity contribution < 1.29 is 38.1 Å². The van der Waals surface area contributed by atoms with Crippen LogP contribution in [0.15, 0.2) is 30.4 Å². The fourth-order valence-corrected chi connectivity index (χ4v) is 5.46. The molecular weight excluding hydrogens is 542 g/mol. The Balaban J connectivity index is 1.60. The number of hydrogen-bond acceptors (Lipinski definition) is 8. The van der Waals surface area contributed by atoms with Crippen LogP contribution in [0.25, 0.3) is 0 Å². The Labute approximate surface area is 247 Å². The summed E-state index contributed by atoms with van der Waals surface area (Å²) < 4.78 is 22.4. The number of nitrogens with one attached hydrogen (secondary N) is 1. The SMILES string of the molecule is COC(=O)C1CC2CN1C(=O)C(C(C)(C)C)NC(=O)OCC(C)(C)CCC=CCOc1cccc3c1CN(C3)C(=O)O2. The molecule has 42 heavy (non-hydrogen) atoms. The number of allylic oxidation sites excluding steroid dienone is 1. The van der Waals surface area contributed by atoms with Crippen molar-refractivity contribution in [2.75, 3.05) is 26.9 Å². The van der Waals surface area contributed by atoms with Gasteiger partial charge in [0.05, 0.1) is 26.8 Å². The average molecular weight is 586 g/mol. The molecule has 3 amide bonds. The van der Waals surface area contributed by atoms with Crippen LogP contribution in [0.4, 0.5) is 9.59 Å². The Bertz CT molecular complexity index is 1220. The fourth-order valence-electron chi connectivity index (χ4n) is 5.46. The van der Waals surface area contributed by atoms with Crippen molar-refractivity contribution in [2.45, 2.75) is 85.2 Å². The molecular formula is C31H43N3O8. The predicted octanol–water partition coefficient (Wildman–Crippen LogP) is 4.18. The van der Waals surface area contributed by atoms with Crippen LogP contribution in [0.5, 0.6) is 5.75 Å². The zero-order valence-corrected chi connectivity index (χ0v) is 25.4. The number of amides is 3. The summed E-state index contributed by atoms with van der Waals surface area (Å²) in [4.78, 5) is 55.7. The summed E-state index contributed by atoms with van der Waals surface area (Å²) in [6, 6.07) is 3.78. The van der Waals surface area contributed by atoms with Crippen LogP contribution in [0.1, 0.15) is 65.0 Å². The molecule has 1 aromatic carbocycles. The Kier molecular flexibility index (Phi) is 9.37. The van der Waals surface area contributed by atoms with Gasteiger partial charge in [0.2, 0.25) is 5.91 Å². The van der Waals surface area contributed by atoms with Crippen molar-refractivity contribution in [3.05, 3.63) is 41.5 Å². The minimum atomic E-state index is -0.998. The van der Waals surface area contributed by atoms with Gasteiger partial charge in [0.15, 0.2) is 0 Å². The van der Waals surface area contributed by atoms with Gasteiger partial charge in [-0.25, -0.2) is 14.4 Å². The molecule has 3 aliphatic heterocycles. The van der Waals surface area contributed by atoms with Gasteiger partial charge in [0, 0.05) is 18.5 Å². The van der Waals surface area contributed by atoms with Crippen LogP contribution in [0, 0.1) is 10.8 Å². The number of methoxy groups -OCH3 is 1. The number of hydrogen-bond donors (Lipinski definition) is 1. The lowest BCUT2D eigenvalue weighted by atomic mass is 9.85. The van der Waals surface area contributed by atoms with Gasteiger partial charge in [0.25, 0.3) is 0 Å². The van der Waals surface area contributed by atoms with Gasteiger partial charge in [0.1, 0.15) is 30.5 Å². The second-order valence-electron chi connectivity index (χ2n) is 13.0. The first-order chi connectivity index (χ1) is 19.8. The lowest BCUT2D eigenvalue weighted by molar-refractivity contribution is -0.152. The molecule has 11 heteroatoms. The molecule has 0 radical (unpaired) electrons. The van der Waals surface area contributed by atoms with Crippen molar-refractivity contribution in [3.63, 3.8) is 0 Å². The largest absolute Gasteiger partial charge is 0.489 e. The van der Waals surface area contributed by atoms with E-state index in [0.29, 0.717) is 25.4 Å². The summed E-state index contributed by atoms with van der Waals surface area (Å²) in [5.74, 6) is -0.380. The highest BCUT2D eigenvalue weighted by Gasteiger charge is 2.47. The molecule has 1 fully saturated rings. The first-order valence-electron chi connectivity index (χ1n) is 14.4. The van der Waals surface area contributed by atoms with E-state index in [1.165, 1.54) is 12.0 Å². The maximum atomic E-state index is 13.9. The highest BCUT2D eigenvalue weighted by Crippen LogP contribution is 2.33. The molecule has 0 aliphatic carbocycles. The molecule has 1 saturated heterocycles. The van der Waals surface area contributed by atoms with Gasteiger partial charge >= 0.3 is 18.2 Å². The van der Waals surface area contributed by atoms with Gasteiger partial charge in [-0.1, -0.05) is 58.9 Å². The molecule has 3 unspecified atom stereocenters. The topological polar surface area (TPSA) is 124 Å². The van der Waals surface area contributed by atoms with Gasteiger partial charge < -0.3 is 29.2 Å². The first-order valence-corrected chi connectivity index (χ1v) is 14.4. The van der Waals surface area contributed by atoms with Crippen molar-refractivity contribution in [2.24, 2.45) is 10.8 Å². The highest BCUT2D eigenvalue weighted by molar-refractivity contribution is 5.91. The molecule has 1 N–H and O–H groups in total. The van der Waals surface area contributed by atoms with E-state index in [1.54, 1.807) is 4.90 Å². The van der Waals surface area contributed by atoms with Gasteiger partial charge in [-0.15, -0.1) is 0 Å². The monoisotopic (exact) mass is 585 g/mol. The third-order valence-electron chi connectivity index (χ3n) is 7.94. The highest BCUT2D eigenvalue weighted by atomic mass is 16.6. The summed E-state index contributed by atoms with van der Waals surface area (Å²) in [5, 5.41) is 2.73. The standard InChI is InChI=1S/C31H43N3O8/c1-30(2,3)25-26(35)34-17-21(15-23(34)27(36)39-6)42-29(38)33-16-20-11-10-12-24(22(20)18-33)40-14-9-7-8-13-31(4,5)19-41-28(37)32-25/h7,9-12,21,23,25H,8,13-19H2,1-6H3,(H,32,37). The van der Waals surface area contributed by atoms with E-state index < -0.39 is 47.7 Å². The number of benzene rings is 1. The maximum Gasteiger partial charge on any atom is 0.410 e. The van der Waals surface area contributed by atoms with Gasteiger partial charge in [-0.3, -0.25) is 9.69 Å². The third-order valence-corrected chi connectivity index (χ3v) is 7.94. The van der Waals surface area contributed by atoms with Crippen LogP contribution < -0.4 is 10.1 Å². The lowest BCUT2D eigenvalue weighted by Gasteiger charge is -2.35. The van der Waals surface area contributed by atoms with Crippen molar-refractivity contribution in [1.29, 1.82) is 0 Å². The number of fused-ring (bicyclic) bond motifs is 3. The van der Waals surface area contributed by atoms with E-state index in [0.717, 1.165) is 24.0 Å². The van der Waals surface area contributed by atoms with Gasteiger partial charge in [-0.2, -0.15) is 0 Å². The van der Waals surface area contributed by atoms with Crippen molar-refractivity contribution in [1.82, 2.24) is 15.1 Å². The van der Waals surface area contributed by atoms with Crippen LogP contribution in [0.3, 0.4) is 0 Å². The van der Waals surface area contributed by atoms with E-state index in [2.05, 4.69) is 5.32 Å². The molecule has 4 rings (SSSR count). The summed E-state index contributed by atoms with van der Waals surface area (Å²) in [6.45, 7) is 10.7. The van der Waals surface area contributed by atoms with E-state index in [1.807, 2.05) is 65.0 Å². The number of nitrogens with zero attached hydrogens (tertiary/aromatic N) is 2. The molecule has 3 atom stereocenters. The number of esters is 1. The Morgan fingerprint density at radius 2 is 1.86 bits per heavy atom. The number of cyclic esters (lactones) is 1. The number of carbonyl (C=O) groups excluding carboxylic acids is 4. The molecule has 230 valence electrons. The van der Waals surface area contributed by atoms with Crippen LogP contribution in [-0.4, -0.2) is 78.9 Å². The second-order valence-corrected chi connectivity index (χ2v) is 13.0. The zero-order chi connectivity index (χ0) is 30.7. The molecule has 0 spiro atoms. The molecule has 0 saturated carbocycles. The van der Waals surface area contributed by atoms with E-state index >= 15 is 0 Å². The van der Waals surface area contributed by atoms with Crippen molar-refractivity contribution >= 4 is 24.1 Å². The smallest absolute Gasteiger partial charge is 0.410 e. The summed E-state index contributed by atoms with van der Waals surface area (Å²) in [7, 11) is 1.25. The minimum Gasteiger partial charge on any atom is -0.489 e. The number of carbonyl (C=O) groups is 4. The first kappa shape index (κ1) is 31.2. The van der Waals surface area contributed by atoms with Crippen molar-refractivity contribution in [3.8, 4) is 5.75 Å². The summed E-state index contributed by atoms with van der Waals surface area (Å²) in [6.07, 6.45) is 3.62.